The highest BCUT2D eigenvalue weighted by molar-refractivity contribution is 7.19. The molecule has 0 radical (unpaired) electrons. The summed E-state index contributed by atoms with van der Waals surface area (Å²) in [6.45, 7) is 0.172. The number of halogens is 3. The number of alkyl halides is 2. The maximum absolute atomic E-state index is 14.3. The Morgan fingerprint density at radius 3 is 2.70 bits per heavy atom. The number of rotatable bonds is 3. The second-order valence-corrected chi connectivity index (χ2v) is 9.61. The van der Waals surface area contributed by atoms with Gasteiger partial charge >= 0.3 is 0 Å². The summed E-state index contributed by atoms with van der Waals surface area (Å²) in [6.07, 6.45) is 5.27. The van der Waals surface area contributed by atoms with Crippen molar-refractivity contribution in [2.45, 2.75) is 50.9 Å². The fraction of sp³-hybridized carbons (Fsp3) is 0.500. The summed E-state index contributed by atoms with van der Waals surface area (Å²) in [5.41, 5.74) is 3.77. The van der Waals surface area contributed by atoms with E-state index in [9.17, 15) is 8.78 Å². The van der Waals surface area contributed by atoms with Gasteiger partial charge in [0, 0.05) is 29.1 Å². The zero-order valence-corrected chi connectivity index (χ0v) is 17.9. The summed E-state index contributed by atoms with van der Waals surface area (Å²) < 4.78 is 29.3. The molecule has 4 heterocycles. The number of anilines is 1. The standard InChI is InChI=1S/C20H21ClF2N6S/c21-15-8-7-14(30-15)16-12-5-2-1-3-6-13(12)24-19(17(16)18-25-27-28-26-18)29-10-4-9-20(22,23)11-29/h7-8H,1-6,9-11H2,(H,25,26,27,28). The van der Waals surface area contributed by atoms with Crippen molar-refractivity contribution < 1.29 is 8.78 Å². The van der Waals surface area contributed by atoms with Gasteiger partial charge in [-0.2, -0.15) is 5.21 Å². The third kappa shape index (κ3) is 3.69. The van der Waals surface area contributed by atoms with E-state index in [2.05, 4.69) is 20.6 Å². The average Bonchev–Trinajstić information content (AvgIpc) is 3.33. The Hall–Kier alpha value is -2.13. The predicted molar refractivity (Wildman–Crippen MR) is 113 cm³/mol. The van der Waals surface area contributed by atoms with E-state index >= 15 is 0 Å². The van der Waals surface area contributed by atoms with E-state index in [4.69, 9.17) is 16.6 Å². The lowest BCUT2D eigenvalue weighted by Crippen LogP contribution is -2.43. The number of pyridine rings is 1. The zero-order valence-electron chi connectivity index (χ0n) is 16.3. The van der Waals surface area contributed by atoms with Crippen molar-refractivity contribution in [3.8, 4) is 21.8 Å². The van der Waals surface area contributed by atoms with Gasteiger partial charge in [-0.3, -0.25) is 0 Å². The Balaban J connectivity index is 1.79. The normalized spacial score (nSPS) is 18.8. The van der Waals surface area contributed by atoms with Crippen molar-refractivity contribution in [3.63, 3.8) is 0 Å². The van der Waals surface area contributed by atoms with E-state index in [-0.39, 0.29) is 13.0 Å². The van der Waals surface area contributed by atoms with Crippen LogP contribution >= 0.6 is 22.9 Å². The molecule has 0 spiro atoms. The van der Waals surface area contributed by atoms with Crippen LogP contribution in [0.15, 0.2) is 12.1 Å². The van der Waals surface area contributed by atoms with E-state index in [1.807, 2.05) is 12.1 Å². The predicted octanol–water partition coefficient (Wildman–Crippen LogP) is 5.15. The van der Waals surface area contributed by atoms with Gasteiger partial charge < -0.3 is 4.90 Å². The van der Waals surface area contributed by atoms with Crippen LogP contribution in [0.4, 0.5) is 14.6 Å². The third-order valence-corrected chi connectivity index (χ3v) is 7.03. The molecule has 0 amide bonds. The number of aromatic nitrogens is 5. The summed E-state index contributed by atoms with van der Waals surface area (Å²) in [6, 6.07) is 3.84. The van der Waals surface area contributed by atoms with Gasteiger partial charge in [-0.1, -0.05) is 18.0 Å². The van der Waals surface area contributed by atoms with Crippen molar-refractivity contribution in [2.24, 2.45) is 0 Å². The highest BCUT2D eigenvalue weighted by Crippen LogP contribution is 2.46. The molecule has 10 heteroatoms. The van der Waals surface area contributed by atoms with E-state index in [0.717, 1.165) is 53.8 Å². The number of hydrogen-bond donors (Lipinski definition) is 1. The highest BCUT2D eigenvalue weighted by Gasteiger charge is 2.38. The minimum atomic E-state index is -2.74. The first-order chi connectivity index (χ1) is 14.5. The molecule has 5 rings (SSSR count). The number of fused-ring (bicyclic) bond motifs is 1. The monoisotopic (exact) mass is 450 g/mol. The molecule has 158 valence electrons. The van der Waals surface area contributed by atoms with Gasteiger partial charge in [0.15, 0.2) is 0 Å². The highest BCUT2D eigenvalue weighted by atomic mass is 35.5. The minimum absolute atomic E-state index is 0.0978. The maximum atomic E-state index is 14.3. The molecule has 3 aromatic rings. The molecule has 1 aliphatic heterocycles. The number of tetrazole rings is 1. The lowest BCUT2D eigenvalue weighted by Gasteiger charge is -2.35. The molecule has 1 aliphatic carbocycles. The molecule has 0 unspecified atom stereocenters. The van der Waals surface area contributed by atoms with Crippen molar-refractivity contribution in [1.82, 2.24) is 25.6 Å². The van der Waals surface area contributed by atoms with Crippen LogP contribution in [0, 0.1) is 0 Å². The molecular weight excluding hydrogens is 430 g/mol. The number of nitrogens with one attached hydrogen (secondary N) is 1. The second-order valence-electron chi connectivity index (χ2n) is 7.89. The van der Waals surface area contributed by atoms with Gasteiger partial charge in [-0.15, -0.1) is 21.5 Å². The minimum Gasteiger partial charge on any atom is -0.350 e. The molecule has 0 saturated carbocycles. The fourth-order valence-electron chi connectivity index (χ4n) is 4.48. The van der Waals surface area contributed by atoms with Gasteiger partial charge in [0.25, 0.3) is 5.92 Å². The Kier molecular flexibility index (Phi) is 5.18. The molecule has 1 fully saturated rings. The first kappa shape index (κ1) is 19.8. The van der Waals surface area contributed by atoms with Gasteiger partial charge in [0.2, 0.25) is 5.82 Å². The SMILES string of the molecule is FC1(F)CCCN(c2nc3c(c(-c4ccc(Cl)s4)c2-c2nn[nH]n2)CCCCC3)C1. The molecule has 0 aromatic carbocycles. The van der Waals surface area contributed by atoms with Gasteiger partial charge in [0.1, 0.15) is 5.82 Å². The zero-order chi connectivity index (χ0) is 20.7. The molecule has 2 aliphatic rings. The summed E-state index contributed by atoms with van der Waals surface area (Å²) in [5.74, 6) is -1.85. The Morgan fingerprint density at radius 1 is 1.10 bits per heavy atom. The quantitative estimate of drug-likeness (QED) is 0.559. The smallest absolute Gasteiger partial charge is 0.265 e. The van der Waals surface area contributed by atoms with Gasteiger partial charge in [-0.25, -0.2) is 13.8 Å². The number of aryl methyl sites for hydroxylation is 1. The van der Waals surface area contributed by atoms with E-state index in [1.54, 1.807) is 4.90 Å². The molecular formula is C20H21ClF2N6S. The van der Waals surface area contributed by atoms with Crippen LogP contribution in [-0.4, -0.2) is 44.6 Å². The number of nitrogens with zero attached hydrogens (tertiary/aromatic N) is 5. The van der Waals surface area contributed by atoms with Crippen LogP contribution in [0.3, 0.4) is 0 Å². The number of H-pyrrole nitrogens is 1. The first-order valence-corrected chi connectivity index (χ1v) is 11.4. The fourth-order valence-corrected chi connectivity index (χ4v) is 5.60. The molecule has 1 N–H and O–H groups in total. The Morgan fingerprint density at radius 2 is 1.97 bits per heavy atom. The molecule has 0 bridgehead atoms. The van der Waals surface area contributed by atoms with Crippen LogP contribution in [0.25, 0.3) is 21.8 Å². The lowest BCUT2D eigenvalue weighted by molar-refractivity contribution is -0.0118. The molecule has 3 aromatic heterocycles. The van der Waals surface area contributed by atoms with Gasteiger partial charge in [0.05, 0.1) is 16.4 Å². The molecule has 1 saturated heterocycles. The summed E-state index contributed by atoms with van der Waals surface area (Å²) in [5, 5.41) is 14.7. The van der Waals surface area contributed by atoms with Crippen molar-refractivity contribution in [3.05, 3.63) is 27.7 Å². The van der Waals surface area contributed by atoms with Crippen LogP contribution in [0.1, 0.15) is 43.4 Å². The number of thiophene rings is 1. The maximum Gasteiger partial charge on any atom is 0.265 e. The summed E-state index contributed by atoms with van der Waals surface area (Å²) >= 11 is 7.74. The van der Waals surface area contributed by atoms with Crippen molar-refractivity contribution in [2.75, 3.05) is 18.0 Å². The number of aromatic amines is 1. The largest absolute Gasteiger partial charge is 0.350 e. The second kappa shape index (κ2) is 7.85. The van der Waals surface area contributed by atoms with Crippen LogP contribution < -0.4 is 4.90 Å². The van der Waals surface area contributed by atoms with E-state index in [1.165, 1.54) is 11.3 Å². The Bertz CT molecular complexity index is 1050. The van der Waals surface area contributed by atoms with Crippen LogP contribution in [0.5, 0.6) is 0 Å². The number of piperidine rings is 1. The number of hydrogen-bond acceptors (Lipinski definition) is 6. The summed E-state index contributed by atoms with van der Waals surface area (Å²) in [7, 11) is 0. The van der Waals surface area contributed by atoms with Gasteiger partial charge in [-0.05, 0) is 55.0 Å². The van der Waals surface area contributed by atoms with E-state index in [0.29, 0.717) is 34.5 Å². The molecule has 30 heavy (non-hydrogen) atoms. The topological polar surface area (TPSA) is 70.6 Å². The lowest BCUT2D eigenvalue weighted by atomic mass is 9.94. The third-order valence-electron chi connectivity index (χ3n) is 5.79. The Labute approximate surface area is 181 Å². The summed E-state index contributed by atoms with van der Waals surface area (Å²) in [4.78, 5) is 7.62. The molecule has 0 atom stereocenters. The van der Waals surface area contributed by atoms with E-state index < -0.39 is 5.92 Å². The van der Waals surface area contributed by atoms with Crippen LogP contribution in [0.2, 0.25) is 4.34 Å². The van der Waals surface area contributed by atoms with Crippen molar-refractivity contribution >= 4 is 28.8 Å². The van der Waals surface area contributed by atoms with Crippen molar-refractivity contribution in [1.29, 1.82) is 0 Å². The average molecular weight is 451 g/mol. The molecule has 6 nitrogen and oxygen atoms in total. The first-order valence-electron chi connectivity index (χ1n) is 10.2. The van der Waals surface area contributed by atoms with Crippen LogP contribution in [-0.2, 0) is 12.8 Å².